The normalized spacial score (nSPS) is 25.3. The quantitative estimate of drug-likeness (QED) is 0.876. The molecule has 18 heavy (non-hydrogen) atoms. The molecule has 0 aromatic carbocycles. The van der Waals surface area contributed by atoms with Gasteiger partial charge >= 0.3 is 0 Å². The Labute approximate surface area is 120 Å². The average molecular weight is 353 g/mol. The molecule has 0 amide bonds. The molecule has 0 radical (unpaired) electrons. The van der Waals surface area contributed by atoms with E-state index in [1.807, 2.05) is 6.92 Å². The molecule has 1 aliphatic rings. The van der Waals surface area contributed by atoms with E-state index in [4.69, 9.17) is 0 Å². The molecule has 1 saturated heterocycles. The third kappa shape index (κ3) is 3.33. The van der Waals surface area contributed by atoms with Crippen LogP contribution in [0, 0.1) is 6.92 Å². The number of nitrogens with one attached hydrogen (secondary N) is 2. The first kappa shape index (κ1) is 14.5. The van der Waals surface area contributed by atoms with Gasteiger partial charge < -0.3 is 5.32 Å². The lowest BCUT2D eigenvalue weighted by molar-refractivity contribution is 0.361. The molecule has 102 valence electrons. The van der Waals surface area contributed by atoms with Crippen LogP contribution in [-0.4, -0.2) is 27.0 Å². The minimum absolute atomic E-state index is 0.0347. The highest BCUT2D eigenvalue weighted by Gasteiger charge is 2.25. The number of hydrogen-bond acceptors (Lipinski definition) is 4. The highest BCUT2D eigenvalue weighted by atomic mass is 79.9. The lowest BCUT2D eigenvalue weighted by atomic mass is 10.0. The molecule has 0 saturated carbocycles. The van der Waals surface area contributed by atoms with Crippen molar-refractivity contribution in [1.82, 2.24) is 10.0 Å². The number of halogens is 1. The molecule has 1 aromatic rings. The summed E-state index contributed by atoms with van der Waals surface area (Å²) in [6.07, 6.45) is 1.68. The number of thiophene rings is 1. The Kier molecular flexibility index (Phi) is 4.48. The van der Waals surface area contributed by atoms with Gasteiger partial charge in [-0.25, -0.2) is 13.1 Å². The van der Waals surface area contributed by atoms with Gasteiger partial charge in [0.25, 0.3) is 0 Å². The van der Waals surface area contributed by atoms with E-state index < -0.39 is 10.0 Å². The van der Waals surface area contributed by atoms with E-state index in [1.54, 1.807) is 6.07 Å². The molecule has 2 heterocycles. The van der Waals surface area contributed by atoms with Crippen molar-refractivity contribution >= 4 is 37.3 Å². The predicted molar refractivity (Wildman–Crippen MR) is 77.6 cm³/mol. The molecular weight excluding hydrogens is 336 g/mol. The van der Waals surface area contributed by atoms with Crippen LogP contribution in [-0.2, 0) is 10.0 Å². The third-order valence-corrected chi connectivity index (χ3v) is 7.18. The van der Waals surface area contributed by atoms with Crippen molar-refractivity contribution in [2.75, 3.05) is 6.54 Å². The van der Waals surface area contributed by atoms with Gasteiger partial charge in [-0.05, 0) is 60.8 Å². The van der Waals surface area contributed by atoms with Gasteiger partial charge in [0, 0.05) is 12.1 Å². The van der Waals surface area contributed by atoms with E-state index in [9.17, 15) is 8.42 Å². The summed E-state index contributed by atoms with van der Waals surface area (Å²) < 4.78 is 28.5. The van der Waals surface area contributed by atoms with Gasteiger partial charge in [-0.1, -0.05) is 0 Å². The Morgan fingerprint density at radius 3 is 2.83 bits per heavy atom. The molecule has 0 spiro atoms. The Bertz CT molecular complexity index is 508. The molecule has 2 unspecified atom stereocenters. The Morgan fingerprint density at radius 2 is 2.28 bits per heavy atom. The Morgan fingerprint density at radius 1 is 1.56 bits per heavy atom. The molecule has 2 atom stereocenters. The Hall–Kier alpha value is 0.0500. The van der Waals surface area contributed by atoms with E-state index in [-0.39, 0.29) is 6.04 Å². The summed E-state index contributed by atoms with van der Waals surface area (Å²) in [6, 6.07) is 2.11. The van der Waals surface area contributed by atoms with Crippen LogP contribution < -0.4 is 10.0 Å². The molecule has 2 rings (SSSR count). The zero-order chi connectivity index (χ0) is 13.3. The molecule has 0 aliphatic carbocycles. The van der Waals surface area contributed by atoms with Crippen molar-refractivity contribution in [2.24, 2.45) is 0 Å². The topological polar surface area (TPSA) is 58.2 Å². The van der Waals surface area contributed by atoms with Crippen molar-refractivity contribution in [1.29, 1.82) is 0 Å². The number of piperidine rings is 1. The van der Waals surface area contributed by atoms with Crippen LogP contribution in [0.5, 0.6) is 0 Å². The Balaban J connectivity index is 2.12. The highest BCUT2D eigenvalue weighted by Crippen LogP contribution is 2.30. The molecule has 1 fully saturated rings. The largest absolute Gasteiger partial charge is 0.314 e. The standard InChI is InChI=1S/C11H17BrN2O2S2/c1-7-5-10(17-11(7)12)18(15,16)14-9-3-4-13-8(2)6-9/h5,8-9,13-14H,3-4,6H2,1-2H3. The number of sulfonamides is 1. The summed E-state index contributed by atoms with van der Waals surface area (Å²) in [5.74, 6) is 0. The summed E-state index contributed by atoms with van der Waals surface area (Å²) in [5.41, 5.74) is 0.957. The van der Waals surface area contributed by atoms with E-state index >= 15 is 0 Å². The number of aryl methyl sites for hydroxylation is 1. The zero-order valence-electron chi connectivity index (χ0n) is 10.4. The molecule has 0 bridgehead atoms. The van der Waals surface area contributed by atoms with Crippen LogP contribution in [0.2, 0.25) is 0 Å². The van der Waals surface area contributed by atoms with E-state index in [2.05, 4.69) is 32.9 Å². The minimum Gasteiger partial charge on any atom is -0.314 e. The second-order valence-electron chi connectivity index (χ2n) is 4.72. The maximum Gasteiger partial charge on any atom is 0.250 e. The summed E-state index contributed by atoms with van der Waals surface area (Å²) >= 11 is 4.62. The van der Waals surface area contributed by atoms with Crippen LogP contribution in [0.1, 0.15) is 25.3 Å². The maximum absolute atomic E-state index is 12.2. The summed E-state index contributed by atoms with van der Waals surface area (Å²) in [6.45, 7) is 4.83. The van der Waals surface area contributed by atoms with Gasteiger partial charge in [0.05, 0.1) is 3.79 Å². The van der Waals surface area contributed by atoms with Gasteiger partial charge in [0.2, 0.25) is 10.0 Å². The van der Waals surface area contributed by atoms with Crippen LogP contribution in [0.25, 0.3) is 0 Å². The number of hydrogen-bond donors (Lipinski definition) is 2. The molecular formula is C11H17BrN2O2S2. The summed E-state index contributed by atoms with van der Waals surface area (Å²) in [7, 11) is -3.37. The monoisotopic (exact) mass is 352 g/mol. The third-order valence-electron chi connectivity index (χ3n) is 3.04. The molecule has 1 aliphatic heterocycles. The smallest absolute Gasteiger partial charge is 0.250 e. The van der Waals surface area contributed by atoms with Crippen LogP contribution in [0.3, 0.4) is 0 Å². The van der Waals surface area contributed by atoms with E-state index in [0.717, 1.165) is 28.7 Å². The zero-order valence-corrected chi connectivity index (χ0v) is 13.6. The van der Waals surface area contributed by atoms with E-state index in [1.165, 1.54) is 11.3 Å². The predicted octanol–water partition coefficient (Wildman–Crippen LogP) is 2.24. The van der Waals surface area contributed by atoms with Gasteiger partial charge in [-0.15, -0.1) is 11.3 Å². The van der Waals surface area contributed by atoms with Gasteiger partial charge in [0.15, 0.2) is 0 Å². The highest BCUT2D eigenvalue weighted by molar-refractivity contribution is 9.11. The molecule has 7 heteroatoms. The van der Waals surface area contributed by atoms with Crippen molar-refractivity contribution in [3.8, 4) is 0 Å². The molecule has 4 nitrogen and oxygen atoms in total. The van der Waals surface area contributed by atoms with Gasteiger partial charge in [0.1, 0.15) is 4.21 Å². The fourth-order valence-electron chi connectivity index (χ4n) is 2.08. The van der Waals surface area contributed by atoms with Crippen molar-refractivity contribution < 1.29 is 8.42 Å². The van der Waals surface area contributed by atoms with Crippen molar-refractivity contribution in [3.63, 3.8) is 0 Å². The lowest BCUT2D eigenvalue weighted by Gasteiger charge is -2.28. The average Bonchev–Trinajstić information content (AvgIpc) is 2.59. The maximum atomic E-state index is 12.2. The summed E-state index contributed by atoms with van der Waals surface area (Å²) in [4.78, 5) is 0. The van der Waals surface area contributed by atoms with Crippen molar-refractivity contribution in [3.05, 3.63) is 15.4 Å². The first-order valence-electron chi connectivity index (χ1n) is 5.90. The number of rotatable bonds is 3. The summed E-state index contributed by atoms with van der Waals surface area (Å²) in [5, 5.41) is 3.31. The molecule has 1 aromatic heterocycles. The minimum atomic E-state index is -3.37. The lowest BCUT2D eigenvalue weighted by Crippen LogP contribution is -2.46. The van der Waals surface area contributed by atoms with Gasteiger partial charge in [-0.2, -0.15) is 0 Å². The second-order valence-corrected chi connectivity index (χ2v) is 9.03. The van der Waals surface area contributed by atoms with Crippen molar-refractivity contribution in [2.45, 2.75) is 43.0 Å². The van der Waals surface area contributed by atoms with Crippen LogP contribution >= 0.6 is 27.3 Å². The van der Waals surface area contributed by atoms with Crippen LogP contribution in [0.4, 0.5) is 0 Å². The van der Waals surface area contributed by atoms with Gasteiger partial charge in [-0.3, -0.25) is 0 Å². The fraction of sp³-hybridized carbons (Fsp3) is 0.636. The first-order valence-corrected chi connectivity index (χ1v) is 8.99. The van der Waals surface area contributed by atoms with Crippen LogP contribution in [0.15, 0.2) is 14.1 Å². The van der Waals surface area contributed by atoms with E-state index in [0.29, 0.717) is 10.3 Å². The second kappa shape index (κ2) is 5.58. The first-order chi connectivity index (χ1) is 8.38. The molecule has 2 N–H and O–H groups in total. The SMILES string of the molecule is Cc1cc(S(=O)(=O)NC2CCNC(C)C2)sc1Br. The fourth-order valence-corrected chi connectivity index (χ4v) is 5.61.